The molecule has 34 heavy (non-hydrogen) atoms. The summed E-state index contributed by atoms with van der Waals surface area (Å²) in [6.07, 6.45) is 9.85. The summed E-state index contributed by atoms with van der Waals surface area (Å²) in [6.45, 7) is 7.18. The number of rotatable bonds is 3. The van der Waals surface area contributed by atoms with Crippen LogP contribution in [0.25, 0.3) is 0 Å². The molecule has 5 rings (SSSR count). The molecule has 8 atom stereocenters. The number of allylic oxidation sites excluding steroid dienone is 4. The molecule has 0 amide bonds. The maximum atomic E-state index is 13.1. The zero-order chi connectivity index (χ0) is 24.7. The molecule has 4 aliphatic carbocycles. The fraction of sp³-hybridized carbons (Fsp3) is 0.714. The minimum absolute atomic E-state index is 0.167. The Morgan fingerprint density at radius 3 is 2.56 bits per heavy atom. The van der Waals surface area contributed by atoms with Crippen molar-refractivity contribution in [1.82, 2.24) is 0 Å². The van der Waals surface area contributed by atoms with E-state index in [1.54, 1.807) is 19.9 Å². The molecule has 0 aromatic carbocycles. The van der Waals surface area contributed by atoms with E-state index < -0.39 is 40.7 Å². The van der Waals surface area contributed by atoms with Gasteiger partial charge >= 0.3 is 5.97 Å². The maximum Gasteiger partial charge on any atom is 0.336 e. The Hall–Kier alpha value is -1.76. The first-order valence-electron chi connectivity index (χ1n) is 12.8. The molecule has 0 bridgehead atoms. The molecule has 3 N–H and O–H groups in total. The summed E-state index contributed by atoms with van der Waals surface area (Å²) in [5, 5.41) is 33.7. The molecular formula is C28H38O6. The van der Waals surface area contributed by atoms with E-state index in [9.17, 15) is 24.9 Å². The SMILES string of the molecule is CC1=C(CO)C(=O)O[C@@H]([C@](C)(O)[C@@]2(O)CC[C@H]3[C@@H]4CC=C5CC=CC(=O)[C@]5(C)[C@H]4CC[C@@]32C)C1. The van der Waals surface area contributed by atoms with E-state index in [1.807, 2.05) is 6.08 Å². The lowest BCUT2D eigenvalue weighted by molar-refractivity contribution is -0.252. The van der Waals surface area contributed by atoms with Gasteiger partial charge in [0.2, 0.25) is 0 Å². The van der Waals surface area contributed by atoms with Crippen LogP contribution in [0.1, 0.15) is 72.6 Å². The van der Waals surface area contributed by atoms with E-state index in [0.29, 0.717) is 18.4 Å². The molecule has 1 heterocycles. The Bertz CT molecular complexity index is 1020. The van der Waals surface area contributed by atoms with Gasteiger partial charge in [0, 0.05) is 11.8 Å². The van der Waals surface area contributed by atoms with Gasteiger partial charge in [-0.05, 0) is 83.1 Å². The van der Waals surface area contributed by atoms with E-state index in [-0.39, 0.29) is 35.5 Å². The summed E-state index contributed by atoms with van der Waals surface area (Å²) in [5.41, 5.74) is -1.94. The van der Waals surface area contributed by atoms with Gasteiger partial charge in [-0.3, -0.25) is 4.79 Å². The number of hydrogen-bond donors (Lipinski definition) is 3. The summed E-state index contributed by atoms with van der Waals surface area (Å²) in [4.78, 5) is 25.6. The Morgan fingerprint density at radius 2 is 1.88 bits per heavy atom. The van der Waals surface area contributed by atoms with Crippen molar-refractivity contribution in [2.24, 2.45) is 28.6 Å². The van der Waals surface area contributed by atoms with Crippen LogP contribution in [0.2, 0.25) is 0 Å². The van der Waals surface area contributed by atoms with E-state index >= 15 is 0 Å². The number of aliphatic hydroxyl groups is 3. The molecule has 6 heteroatoms. The van der Waals surface area contributed by atoms with Gasteiger partial charge in [-0.2, -0.15) is 0 Å². The summed E-state index contributed by atoms with van der Waals surface area (Å²) in [7, 11) is 0. The third-order valence-corrected chi connectivity index (χ3v) is 10.9. The third kappa shape index (κ3) is 2.85. The minimum Gasteiger partial charge on any atom is -0.455 e. The van der Waals surface area contributed by atoms with Crippen LogP contribution in [0.15, 0.2) is 34.9 Å². The quantitative estimate of drug-likeness (QED) is 0.431. The normalized spacial score (nSPS) is 45.7. The Morgan fingerprint density at radius 1 is 1.18 bits per heavy atom. The largest absolute Gasteiger partial charge is 0.455 e. The second-order valence-corrected chi connectivity index (χ2v) is 12.0. The van der Waals surface area contributed by atoms with Gasteiger partial charge in [0.1, 0.15) is 17.3 Å². The summed E-state index contributed by atoms with van der Waals surface area (Å²) < 4.78 is 5.61. The second-order valence-electron chi connectivity index (χ2n) is 12.0. The standard InChI is InChI=1S/C28H38O6/c1-16-14-23(34-24(31)19(16)15-29)27(4,32)28(33)13-11-20-18-9-8-17-6-5-7-22(30)26(17,3)21(18)10-12-25(20,28)2/h5,7-8,18,20-21,23,29,32-33H,6,9-15H2,1-4H3/t18-,20-,21-,23+,25-,26-,27-,28+/m0/s1. The Kier molecular flexibility index (Phi) is 5.37. The van der Waals surface area contributed by atoms with Crippen molar-refractivity contribution in [2.75, 3.05) is 6.61 Å². The van der Waals surface area contributed by atoms with E-state index in [1.165, 1.54) is 5.57 Å². The van der Waals surface area contributed by atoms with Crippen LogP contribution in [-0.2, 0) is 14.3 Å². The van der Waals surface area contributed by atoms with Crippen molar-refractivity contribution in [1.29, 1.82) is 0 Å². The van der Waals surface area contributed by atoms with Gasteiger partial charge in [-0.25, -0.2) is 4.79 Å². The molecule has 0 radical (unpaired) electrons. The highest BCUT2D eigenvalue weighted by Gasteiger charge is 2.70. The molecule has 0 saturated heterocycles. The maximum absolute atomic E-state index is 13.1. The Labute approximate surface area is 201 Å². The van der Waals surface area contributed by atoms with Crippen LogP contribution >= 0.6 is 0 Å². The van der Waals surface area contributed by atoms with Crippen LogP contribution in [0, 0.1) is 28.6 Å². The average molecular weight is 471 g/mol. The number of fused-ring (bicyclic) bond motifs is 5. The predicted molar refractivity (Wildman–Crippen MR) is 126 cm³/mol. The number of cyclic esters (lactones) is 1. The molecule has 6 nitrogen and oxygen atoms in total. The van der Waals surface area contributed by atoms with Crippen molar-refractivity contribution >= 4 is 11.8 Å². The van der Waals surface area contributed by atoms with Crippen molar-refractivity contribution in [3.63, 3.8) is 0 Å². The number of carbonyl (C=O) groups excluding carboxylic acids is 2. The smallest absolute Gasteiger partial charge is 0.336 e. The lowest BCUT2D eigenvalue weighted by atomic mass is 9.46. The first-order chi connectivity index (χ1) is 15.9. The molecule has 0 aromatic heterocycles. The number of esters is 1. The highest BCUT2D eigenvalue weighted by atomic mass is 16.6. The second kappa shape index (κ2) is 7.62. The summed E-state index contributed by atoms with van der Waals surface area (Å²) in [6, 6.07) is 0. The summed E-state index contributed by atoms with van der Waals surface area (Å²) in [5.74, 6) is 0.245. The lowest BCUT2D eigenvalue weighted by Crippen LogP contribution is -2.68. The van der Waals surface area contributed by atoms with Crippen molar-refractivity contribution in [2.45, 2.75) is 89.9 Å². The van der Waals surface area contributed by atoms with Crippen LogP contribution in [-0.4, -0.2) is 51.0 Å². The molecular weight excluding hydrogens is 432 g/mol. The highest BCUT2D eigenvalue weighted by Crippen LogP contribution is 2.68. The van der Waals surface area contributed by atoms with Crippen molar-refractivity contribution < 1.29 is 29.6 Å². The molecule has 2 saturated carbocycles. The number of carbonyl (C=O) groups is 2. The number of ketones is 1. The van der Waals surface area contributed by atoms with Crippen LogP contribution in [0.5, 0.6) is 0 Å². The van der Waals surface area contributed by atoms with Gasteiger partial charge in [-0.15, -0.1) is 0 Å². The molecule has 1 aliphatic heterocycles. The fourth-order valence-corrected chi connectivity index (χ4v) is 8.61. The first-order valence-corrected chi connectivity index (χ1v) is 12.8. The zero-order valence-corrected chi connectivity index (χ0v) is 20.8. The highest BCUT2D eigenvalue weighted by molar-refractivity contribution is 5.98. The number of aliphatic hydroxyl groups excluding tert-OH is 1. The van der Waals surface area contributed by atoms with Gasteiger partial charge in [-0.1, -0.05) is 30.2 Å². The minimum atomic E-state index is -1.65. The lowest BCUT2D eigenvalue weighted by Gasteiger charge is -2.60. The topological polar surface area (TPSA) is 104 Å². The molecule has 5 aliphatic rings. The molecule has 0 unspecified atom stereocenters. The third-order valence-electron chi connectivity index (χ3n) is 10.9. The van der Waals surface area contributed by atoms with Gasteiger partial charge in [0.25, 0.3) is 0 Å². The first kappa shape index (κ1) is 24.0. The molecule has 0 aromatic rings. The predicted octanol–water partition coefficient (Wildman–Crippen LogP) is 3.40. The molecule has 2 fully saturated rings. The van der Waals surface area contributed by atoms with Crippen molar-refractivity contribution in [3.8, 4) is 0 Å². The number of hydrogen-bond acceptors (Lipinski definition) is 6. The van der Waals surface area contributed by atoms with Crippen LogP contribution < -0.4 is 0 Å². The van der Waals surface area contributed by atoms with Crippen LogP contribution in [0.4, 0.5) is 0 Å². The average Bonchev–Trinajstić information content (AvgIpc) is 3.07. The van der Waals surface area contributed by atoms with Crippen molar-refractivity contribution in [3.05, 3.63) is 34.9 Å². The fourth-order valence-electron chi connectivity index (χ4n) is 8.61. The van der Waals surface area contributed by atoms with Gasteiger partial charge in [0.15, 0.2) is 5.78 Å². The molecule has 0 spiro atoms. The van der Waals surface area contributed by atoms with E-state index in [0.717, 1.165) is 25.7 Å². The van der Waals surface area contributed by atoms with Gasteiger partial charge in [0.05, 0.1) is 17.6 Å². The summed E-state index contributed by atoms with van der Waals surface area (Å²) >= 11 is 0. The van der Waals surface area contributed by atoms with E-state index in [2.05, 4.69) is 19.9 Å². The monoisotopic (exact) mass is 470 g/mol. The van der Waals surface area contributed by atoms with Crippen LogP contribution in [0.3, 0.4) is 0 Å². The number of ether oxygens (including phenoxy) is 1. The molecule has 186 valence electrons. The zero-order valence-electron chi connectivity index (χ0n) is 20.8. The van der Waals surface area contributed by atoms with Gasteiger partial charge < -0.3 is 20.1 Å². The Balaban J connectivity index is 1.48. The van der Waals surface area contributed by atoms with E-state index in [4.69, 9.17) is 4.74 Å².